The van der Waals surface area contributed by atoms with E-state index >= 15 is 0 Å². The molecule has 2 aromatic carbocycles. The maximum absolute atomic E-state index is 13.4. The van der Waals surface area contributed by atoms with Crippen LogP contribution in [0.25, 0.3) is 22.3 Å². The lowest BCUT2D eigenvalue weighted by Crippen LogP contribution is -2.14. The second-order valence-electron chi connectivity index (χ2n) is 7.33. The van der Waals surface area contributed by atoms with Gasteiger partial charge in [-0.1, -0.05) is 12.1 Å². The number of hydrogen-bond donors (Lipinski definition) is 1. The van der Waals surface area contributed by atoms with E-state index < -0.39 is 0 Å². The van der Waals surface area contributed by atoms with Crippen molar-refractivity contribution in [2.75, 3.05) is 19.5 Å². The van der Waals surface area contributed by atoms with Crippen LogP contribution in [-0.2, 0) is 7.05 Å². The summed E-state index contributed by atoms with van der Waals surface area (Å²) in [5, 5.41) is 8.24. The number of pyridine rings is 1. The summed E-state index contributed by atoms with van der Waals surface area (Å²) in [6, 6.07) is 15.0. The van der Waals surface area contributed by atoms with E-state index in [2.05, 4.69) is 10.4 Å². The summed E-state index contributed by atoms with van der Waals surface area (Å²) in [6.45, 7) is 3.81. The van der Waals surface area contributed by atoms with Crippen LogP contribution in [0.15, 0.2) is 48.5 Å². The molecule has 4 rings (SSSR count). The first-order valence-electron chi connectivity index (χ1n) is 9.86. The molecule has 1 amide bonds. The van der Waals surface area contributed by atoms with E-state index in [-0.39, 0.29) is 5.91 Å². The van der Waals surface area contributed by atoms with Crippen molar-refractivity contribution in [3.05, 3.63) is 65.4 Å². The van der Waals surface area contributed by atoms with Gasteiger partial charge in [0.2, 0.25) is 0 Å². The van der Waals surface area contributed by atoms with Crippen molar-refractivity contribution in [1.29, 1.82) is 0 Å². The first kappa shape index (κ1) is 20.4. The Morgan fingerprint density at radius 3 is 2.45 bits per heavy atom. The molecular formula is C24H24N4O3. The molecule has 1 N–H and O–H groups in total. The molecule has 7 nitrogen and oxygen atoms in total. The summed E-state index contributed by atoms with van der Waals surface area (Å²) in [5.74, 6) is 1.24. The lowest BCUT2D eigenvalue weighted by molar-refractivity contribution is 0.102. The normalized spacial score (nSPS) is 10.9. The number of rotatable bonds is 5. The van der Waals surface area contributed by atoms with Crippen molar-refractivity contribution < 1.29 is 14.3 Å². The summed E-state index contributed by atoms with van der Waals surface area (Å²) in [7, 11) is 5.06. The number of carbonyl (C=O) groups excluding carboxylic acids is 1. The Bertz CT molecular complexity index is 1290. The Morgan fingerprint density at radius 2 is 1.74 bits per heavy atom. The number of amides is 1. The number of nitrogens with zero attached hydrogens (tertiary/aromatic N) is 3. The van der Waals surface area contributed by atoms with Crippen LogP contribution in [0.2, 0.25) is 0 Å². The van der Waals surface area contributed by atoms with Crippen LogP contribution in [0, 0.1) is 13.8 Å². The van der Waals surface area contributed by atoms with Gasteiger partial charge in [0.1, 0.15) is 11.5 Å². The second-order valence-corrected chi connectivity index (χ2v) is 7.33. The highest BCUT2D eigenvalue weighted by Crippen LogP contribution is 2.30. The fraction of sp³-hybridized carbons (Fsp3) is 0.208. The molecule has 0 aliphatic rings. The number of methoxy groups -OCH3 is 2. The first-order chi connectivity index (χ1) is 14.9. The van der Waals surface area contributed by atoms with Crippen LogP contribution in [-0.4, -0.2) is 34.9 Å². The molecule has 2 heterocycles. The van der Waals surface area contributed by atoms with Gasteiger partial charge in [-0.05, 0) is 55.8 Å². The smallest absolute Gasteiger partial charge is 0.256 e. The third-order valence-electron chi connectivity index (χ3n) is 5.26. The maximum Gasteiger partial charge on any atom is 0.256 e. The summed E-state index contributed by atoms with van der Waals surface area (Å²) >= 11 is 0. The van der Waals surface area contributed by atoms with E-state index in [1.807, 2.05) is 63.4 Å². The number of fused-ring (bicyclic) bond motifs is 1. The molecule has 0 saturated heterocycles. The van der Waals surface area contributed by atoms with E-state index in [0.29, 0.717) is 16.9 Å². The fourth-order valence-corrected chi connectivity index (χ4v) is 3.65. The highest BCUT2D eigenvalue weighted by molar-refractivity contribution is 6.13. The molecule has 2 aromatic heterocycles. The van der Waals surface area contributed by atoms with Crippen molar-refractivity contribution in [3.8, 4) is 22.8 Å². The van der Waals surface area contributed by atoms with Crippen molar-refractivity contribution in [2.24, 2.45) is 7.05 Å². The Hall–Kier alpha value is -3.87. The van der Waals surface area contributed by atoms with E-state index in [1.165, 1.54) is 0 Å². The number of ether oxygens (including phenoxy) is 2. The average Bonchev–Trinajstić information content (AvgIpc) is 3.07. The average molecular weight is 416 g/mol. The molecule has 0 bridgehead atoms. The van der Waals surface area contributed by atoms with E-state index in [9.17, 15) is 4.79 Å². The highest BCUT2D eigenvalue weighted by Gasteiger charge is 2.20. The summed E-state index contributed by atoms with van der Waals surface area (Å²) in [5.41, 5.74) is 5.08. The minimum Gasteiger partial charge on any atom is -0.497 e. The van der Waals surface area contributed by atoms with Gasteiger partial charge in [0.15, 0.2) is 5.65 Å². The lowest BCUT2D eigenvalue weighted by atomic mass is 10.0. The van der Waals surface area contributed by atoms with Gasteiger partial charge in [-0.3, -0.25) is 9.48 Å². The SMILES string of the molecule is COc1cccc(-c2cc(C(=O)Nc3ccc(OC)cc3C)c3c(C)nn(C)c3n2)c1. The van der Waals surface area contributed by atoms with Gasteiger partial charge >= 0.3 is 0 Å². The molecule has 158 valence electrons. The van der Waals surface area contributed by atoms with Gasteiger partial charge in [0.05, 0.1) is 36.6 Å². The van der Waals surface area contributed by atoms with E-state index in [4.69, 9.17) is 14.5 Å². The largest absolute Gasteiger partial charge is 0.497 e. The molecule has 7 heteroatoms. The van der Waals surface area contributed by atoms with E-state index in [1.54, 1.807) is 25.0 Å². The Labute approximate surface area is 180 Å². The van der Waals surface area contributed by atoms with Crippen LogP contribution in [0.1, 0.15) is 21.6 Å². The zero-order chi connectivity index (χ0) is 22.1. The Morgan fingerprint density at radius 1 is 1.00 bits per heavy atom. The summed E-state index contributed by atoms with van der Waals surface area (Å²) in [4.78, 5) is 18.2. The monoisotopic (exact) mass is 416 g/mol. The number of nitrogens with one attached hydrogen (secondary N) is 1. The molecule has 0 aliphatic heterocycles. The van der Waals surface area contributed by atoms with Crippen LogP contribution < -0.4 is 14.8 Å². The lowest BCUT2D eigenvalue weighted by Gasteiger charge is -2.12. The van der Waals surface area contributed by atoms with Crippen molar-refractivity contribution in [1.82, 2.24) is 14.8 Å². The molecule has 0 fully saturated rings. The van der Waals surface area contributed by atoms with Crippen LogP contribution in [0.3, 0.4) is 0 Å². The van der Waals surface area contributed by atoms with Crippen LogP contribution in [0.4, 0.5) is 5.69 Å². The number of benzene rings is 2. The molecule has 0 unspecified atom stereocenters. The highest BCUT2D eigenvalue weighted by atomic mass is 16.5. The number of aromatic nitrogens is 3. The van der Waals surface area contributed by atoms with Crippen molar-refractivity contribution >= 4 is 22.6 Å². The quantitative estimate of drug-likeness (QED) is 0.517. The third-order valence-corrected chi connectivity index (χ3v) is 5.26. The molecule has 0 spiro atoms. The molecule has 0 aliphatic carbocycles. The standard InChI is InChI=1S/C24H24N4O3/c1-14-11-18(31-5)9-10-20(14)26-24(29)19-13-21(16-7-6-8-17(12-16)30-4)25-23-22(19)15(2)27-28(23)3/h6-13H,1-5H3,(H,26,29). The predicted octanol–water partition coefficient (Wildman–Crippen LogP) is 4.52. The Kier molecular flexibility index (Phi) is 5.33. The topological polar surface area (TPSA) is 78.3 Å². The van der Waals surface area contributed by atoms with Gasteiger partial charge in [-0.2, -0.15) is 5.10 Å². The molecular weight excluding hydrogens is 392 g/mol. The predicted molar refractivity (Wildman–Crippen MR) is 121 cm³/mol. The number of aryl methyl sites for hydroxylation is 3. The minimum atomic E-state index is -0.221. The number of hydrogen-bond acceptors (Lipinski definition) is 5. The van der Waals surface area contributed by atoms with Gasteiger partial charge < -0.3 is 14.8 Å². The maximum atomic E-state index is 13.4. The molecule has 0 radical (unpaired) electrons. The first-order valence-corrected chi connectivity index (χ1v) is 9.86. The van der Waals surface area contributed by atoms with Crippen molar-refractivity contribution in [2.45, 2.75) is 13.8 Å². The molecule has 31 heavy (non-hydrogen) atoms. The van der Waals surface area contributed by atoms with Gasteiger partial charge in [-0.15, -0.1) is 0 Å². The fourth-order valence-electron chi connectivity index (χ4n) is 3.65. The van der Waals surface area contributed by atoms with Gasteiger partial charge in [-0.25, -0.2) is 4.98 Å². The number of carbonyl (C=O) groups is 1. The number of anilines is 1. The zero-order valence-corrected chi connectivity index (χ0v) is 18.2. The third kappa shape index (κ3) is 3.82. The molecule has 0 atom stereocenters. The summed E-state index contributed by atoms with van der Waals surface area (Å²) in [6.07, 6.45) is 0. The summed E-state index contributed by atoms with van der Waals surface area (Å²) < 4.78 is 12.3. The van der Waals surface area contributed by atoms with Crippen molar-refractivity contribution in [3.63, 3.8) is 0 Å². The van der Waals surface area contributed by atoms with Crippen LogP contribution >= 0.6 is 0 Å². The second kappa shape index (κ2) is 8.10. The van der Waals surface area contributed by atoms with Gasteiger partial charge in [0.25, 0.3) is 5.91 Å². The minimum absolute atomic E-state index is 0.221. The molecule has 4 aromatic rings. The van der Waals surface area contributed by atoms with Crippen LogP contribution in [0.5, 0.6) is 11.5 Å². The zero-order valence-electron chi connectivity index (χ0n) is 18.2. The molecule has 0 saturated carbocycles. The Balaban J connectivity index is 1.83. The van der Waals surface area contributed by atoms with E-state index in [0.717, 1.165) is 39.4 Å². The van der Waals surface area contributed by atoms with Gasteiger partial charge in [0, 0.05) is 18.3 Å².